The number of likely N-dealkylation sites (N-methyl/N-ethyl adjacent to an activating group) is 1. The lowest BCUT2D eigenvalue weighted by Gasteiger charge is -2.42. The van der Waals surface area contributed by atoms with Crippen LogP contribution < -0.4 is 5.32 Å². The number of morpholine rings is 1. The van der Waals surface area contributed by atoms with Crippen LogP contribution in [0.4, 0.5) is 0 Å². The lowest BCUT2D eigenvalue weighted by Crippen LogP contribution is -2.55. The van der Waals surface area contributed by atoms with Crippen LogP contribution in [0.2, 0.25) is 0 Å². The van der Waals surface area contributed by atoms with Gasteiger partial charge in [-0.15, -0.1) is 0 Å². The van der Waals surface area contributed by atoms with E-state index in [1.165, 1.54) is 45.1 Å². The number of nitrogens with zero attached hydrogens (tertiary/aromatic N) is 1. The van der Waals surface area contributed by atoms with Crippen molar-refractivity contribution >= 4 is 0 Å². The molecule has 0 aromatic carbocycles. The first-order valence-electron chi connectivity index (χ1n) is 9.35. The maximum atomic E-state index is 6.17. The Bertz CT molecular complexity index is 274. The van der Waals surface area contributed by atoms with Gasteiger partial charge in [-0.2, -0.15) is 0 Å². The van der Waals surface area contributed by atoms with Gasteiger partial charge < -0.3 is 10.1 Å². The van der Waals surface area contributed by atoms with Crippen LogP contribution in [0, 0.1) is 11.8 Å². The summed E-state index contributed by atoms with van der Waals surface area (Å²) in [6, 6.07) is 0.562. The summed E-state index contributed by atoms with van der Waals surface area (Å²) in [6.45, 7) is 12.3. The molecule has 1 aliphatic heterocycles. The van der Waals surface area contributed by atoms with Gasteiger partial charge >= 0.3 is 0 Å². The van der Waals surface area contributed by atoms with Gasteiger partial charge in [-0.05, 0) is 44.2 Å². The van der Waals surface area contributed by atoms with Gasteiger partial charge in [-0.3, -0.25) is 4.90 Å². The van der Waals surface area contributed by atoms with E-state index >= 15 is 0 Å². The number of ether oxygens (including phenoxy) is 1. The molecule has 21 heavy (non-hydrogen) atoms. The molecule has 2 rings (SSSR count). The molecule has 1 saturated heterocycles. The van der Waals surface area contributed by atoms with Crippen LogP contribution in [0.25, 0.3) is 0 Å². The summed E-state index contributed by atoms with van der Waals surface area (Å²) in [5.74, 6) is 1.80. The largest absolute Gasteiger partial charge is 0.374 e. The number of nitrogens with one attached hydrogen (secondary N) is 1. The third-order valence-electron chi connectivity index (χ3n) is 5.53. The van der Waals surface area contributed by atoms with E-state index in [4.69, 9.17) is 4.74 Å². The van der Waals surface area contributed by atoms with Crippen molar-refractivity contribution in [3.63, 3.8) is 0 Å². The van der Waals surface area contributed by atoms with Crippen molar-refractivity contribution in [3.05, 3.63) is 0 Å². The molecule has 0 aromatic rings. The van der Waals surface area contributed by atoms with E-state index in [0.717, 1.165) is 38.1 Å². The van der Waals surface area contributed by atoms with Gasteiger partial charge in [0.2, 0.25) is 0 Å². The second kappa shape index (κ2) is 9.12. The van der Waals surface area contributed by atoms with Gasteiger partial charge in [-0.1, -0.05) is 40.0 Å². The Morgan fingerprint density at radius 1 is 1.14 bits per heavy atom. The summed E-state index contributed by atoms with van der Waals surface area (Å²) < 4.78 is 6.17. The molecule has 0 spiro atoms. The first-order valence-corrected chi connectivity index (χ1v) is 9.35. The second-order valence-corrected chi connectivity index (χ2v) is 6.98. The Kier molecular flexibility index (Phi) is 7.48. The SMILES string of the molecule is CCCN1CCOC(C(NCC)C2CCC(CC)CC2)C1. The number of hydrogen-bond acceptors (Lipinski definition) is 3. The molecule has 2 atom stereocenters. The zero-order chi connectivity index (χ0) is 15.1. The zero-order valence-corrected chi connectivity index (χ0v) is 14.4. The minimum absolute atomic E-state index is 0.397. The molecule has 3 nitrogen and oxygen atoms in total. The maximum absolute atomic E-state index is 6.17. The standard InChI is InChI=1S/C18H36N2O/c1-4-11-20-12-13-21-17(14-20)18(19-6-3)16-9-7-15(5-2)8-10-16/h15-19H,4-14H2,1-3H3. The van der Waals surface area contributed by atoms with E-state index in [-0.39, 0.29) is 0 Å². The highest BCUT2D eigenvalue weighted by Gasteiger charge is 2.34. The highest BCUT2D eigenvalue weighted by atomic mass is 16.5. The Morgan fingerprint density at radius 2 is 1.90 bits per heavy atom. The summed E-state index contributed by atoms with van der Waals surface area (Å²) in [5, 5.41) is 3.77. The van der Waals surface area contributed by atoms with Crippen LogP contribution in [0.15, 0.2) is 0 Å². The minimum atomic E-state index is 0.397. The van der Waals surface area contributed by atoms with E-state index in [1.54, 1.807) is 0 Å². The normalized spacial score (nSPS) is 33.0. The Morgan fingerprint density at radius 3 is 2.52 bits per heavy atom. The molecule has 1 saturated carbocycles. The van der Waals surface area contributed by atoms with E-state index in [2.05, 4.69) is 31.0 Å². The zero-order valence-electron chi connectivity index (χ0n) is 14.4. The lowest BCUT2D eigenvalue weighted by atomic mass is 9.76. The molecule has 2 unspecified atom stereocenters. The summed E-state index contributed by atoms with van der Waals surface area (Å²) in [5.41, 5.74) is 0. The first kappa shape index (κ1) is 17.2. The van der Waals surface area contributed by atoms with Crippen LogP contribution >= 0.6 is 0 Å². The van der Waals surface area contributed by atoms with Crippen LogP contribution in [0.1, 0.15) is 59.3 Å². The van der Waals surface area contributed by atoms with Crippen molar-refractivity contribution in [1.82, 2.24) is 10.2 Å². The highest BCUT2D eigenvalue weighted by Crippen LogP contribution is 2.34. The van der Waals surface area contributed by atoms with Gasteiger partial charge in [0, 0.05) is 19.1 Å². The molecular formula is C18H36N2O. The average Bonchev–Trinajstić information content (AvgIpc) is 2.53. The van der Waals surface area contributed by atoms with Crippen LogP contribution in [0.5, 0.6) is 0 Å². The fourth-order valence-electron chi connectivity index (χ4n) is 4.26. The van der Waals surface area contributed by atoms with Gasteiger partial charge in [0.25, 0.3) is 0 Å². The van der Waals surface area contributed by atoms with Gasteiger partial charge in [-0.25, -0.2) is 0 Å². The second-order valence-electron chi connectivity index (χ2n) is 6.98. The first-order chi connectivity index (χ1) is 10.3. The fourth-order valence-corrected chi connectivity index (χ4v) is 4.26. The summed E-state index contributed by atoms with van der Waals surface area (Å²) >= 11 is 0. The molecule has 1 heterocycles. The molecule has 2 aliphatic rings. The minimum Gasteiger partial charge on any atom is -0.374 e. The van der Waals surface area contributed by atoms with Crippen molar-refractivity contribution in [3.8, 4) is 0 Å². The topological polar surface area (TPSA) is 24.5 Å². The van der Waals surface area contributed by atoms with Crippen molar-refractivity contribution in [1.29, 1.82) is 0 Å². The number of rotatable bonds is 7. The number of hydrogen-bond donors (Lipinski definition) is 1. The van der Waals surface area contributed by atoms with Gasteiger partial charge in [0.15, 0.2) is 0 Å². The van der Waals surface area contributed by atoms with Crippen LogP contribution in [0.3, 0.4) is 0 Å². The molecule has 1 N–H and O–H groups in total. The molecule has 1 aliphatic carbocycles. The summed E-state index contributed by atoms with van der Waals surface area (Å²) in [4.78, 5) is 2.59. The highest BCUT2D eigenvalue weighted by molar-refractivity contribution is 4.90. The predicted molar refractivity (Wildman–Crippen MR) is 89.7 cm³/mol. The monoisotopic (exact) mass is 296 g/mol. The van der Waals surface area contributed by atoms with Gasteiger partial charge in [0.05, 0.1) is 12.7 Å². The lowest BCUT2D eigenvalue weighted by molar-refractivity contribution is -0.0601. The maximum Gasteiger partial charge on any atom is 0.0857 e. The van der Waals surface area contributed by atoms with Crippen LogP contribution in [-0.4, -0.2) is 49.8 Å². The quantitative estimate of drug-likeness (QED) is 0.780. The summed E-state index contributed by atoms with van der Waals surface area (Å²) in [6.07, 6.45) is 8.65. The molecular weight excluding hydrogens is 260 g/mol. The van der Waals surface area contributed by atoms with Crippen LogP contribution in [-0.2, 0) is 4.74 Å². The molecule has 0 amide bonds. The fraction of sp³-hybridized carbons (Fsp3) is 1.00. The predicted octanol–water partition coefficient (Wildman–Crippen LogP) is 3.29. The molecule has 0 radical (unpaired) electrons. The molecule has 0 aromatic heterocycles. The van der Waals surface area contributed by atoms with Crippen molar-refractivity contribution in [2.24, 2.45) is 11.8 Å². The Balaban J connectivity index is 1.91. The van der Waals surface area contributed by atoms with E-state index in [0.29, 0.717) is 12.1 Å². The Labute approximate surface area is 131 Å². The molecule has 3 heteroatoms. The third-order valence-corrected chi connectivity index (χ3v) is 5.53. The van der Waals surface area contributed by atoms with E-state index in [9.17, 15) is 0 Å². The van der Waals surface area contributed by atoms with E-state index < -0.39 is 0 Å². The van der Waals surface area contributed by atoms with Crippen molar-refractivity contribution in [2.75, 3.05) is 32.8 Å². The summed E-state index contributed by atoms with van der Waals surface area (Å²) in [7, 11) is 0. The third kappa shape index (κ3) is 4.94. The molecule has 2 fully saturated rings. The average molecular weight is 296 g/mol. The smallest absolute Gasteiger partial charge is 0.0857 e. The Hall–Kier alpha value is -0.120. The van der Waals surface area contributed by atoms with Crippen molar-refractivity contribution in [2.45, 2.75) is 71.4 Å². The molecule has 124 valence electrons. The van der Waals surface area contributed by atoms with E-state index in [1.807, 2.05) is 0 Å². The molecule has 0 bridgehead atoms. The van der Waals surface area contributed by atoms with Gasteiger partial charge in [0.1, 0.15) is 0 Å². The van der Waals surface area contributed by atoms with Crippen molar-refractivity contribution < 1.29 is 4.74 Å².